The van der Waals surface area contributed by atoms with E-state index in [0.29, 0.717) is 5.69 Å². The van der Waals surface area contributed by atoms with Gasteiger partial charge in [-0.05, 0) is 35.3 Å². The Labute approximate surface area is 83.0 Å². The normalized spacial score (nSPS) is 11.3. The van der Waals surface area contributed by atoms with Crippen LogP contribution in [-0.2, 0) is 11.1 Å². The van der Waals surface area contributed by atoms with Crippen molar-refractivity contribution in [3.8, 4) is 0 Å². The van der Waals surface area contributed by atoms with E-state index in [4.69, 9.17) is 17.3 Å². The van der Waals surface area contributed by atoms with E-state index in [-0.39, 0.29) is 11.0 Å². The molecule has 6 heteroatoms. The van der Waals surface area contributed by atoms with Crippen molar-refractivity contribution in [1.29, 1.82) is 0 Å². The lowest BCUT2D eigenvalue weighted by Crippen LogP contribution is -1.82. The van der Waals surface area contributed by atoms with Gasteiger partial charge in [-0.15, -0.1) is 11.6 Å². The van der Waals surface area contributed by atoms with Gasteiger partial charge in [-0.1, -0.05) is 0 Å². The highest BCUT2D eigenvalue weighted by atomic mass is 35.5. The second kappa shape index (κ2) is 6.82. The van der Waals surface area contributed by atoms with Crippen molar-refractivity contribution in [1.82, 2.24) is 0 Å². The molecule has 1 rings (SSSR count). The third-order valence-electron chi connectivity index (χ3n) is 0.959. The van der Waals surface area contributed by atoms with E-state index in [1.807, 2.05) is 0 Å². The molecule has 2 N–H and O–H groups in total. The van der Waals surface area contributed by atoms with Crippen LogP contribution in [0.2, 0.25) is 0 Å². The molecule has 0 amide bonds. The van der Waals surface area contributed by atoms with E-state index in [1.165, 1.54) is 24.3 Å². The molecule has 13 heavy (non-hydrogen) atoms. The van der Waals surface area contributed by atoms with Gasteiger partial charge in [-0.2, -0.15) is 0 Å². The van der Waals surface area contributed by atoms with Crippen LogP contribution in [0.1, 0.15) is 0 Å². The van der Waals surface area contributed by atoms with Gasteiger partial charge >= 0.3 is 0 Å². The number of alkyl halides is 1. The Kier molecular flexibility index (Phi) is 6.48. The molecule has 0 aliphatic rings. The molecular formula is C7H8ClFNO2S-. The van der Waals surface area contributed by atoms with Crippen molar-refractivity contribution >= 4 is 28.4 Å². The van der Waals surface area contributed by atoms with Crippen LogP contribution < -0.4 is 5.73 Å². The average Bonchev–Trinajstić information content (AvgIpc) is 2.11. The van der Waals surface area contributed by atoms with Crippen molar-refractivity contribution < 1.29 is 13.2 Å². The topological polar surface area (TPSA) is 66.2 Å². The Balaban J connectivity index is 0.000000252. The maximum Gasteiger partial charge on any atom is 0.123 e. The lowest BCUT2D eigenvalue weighted by Gasteiger charge is -1.91. The highest BCUT2D eigenvalue weighted by Crippen LogP contribution is 2.01. The van der Waals surface area contributed by atoms with Crippen LogP contribution in [-0.4, -0.2) is 14.0 Å². The summed E-state index contributed by atoms with van der Waals surface area (Å²) < 4.78 is 30.5. The molecule has 1 atom stereocenters. The number of benzene rings is 1. The van der Waals surface area contributed by atoms with E-state index in [0.717, 1.165) is 0 Å². The van der Waals surface area contributed by atoms with E-state index >= 15 is 0 Å². The molecule has 0 saturated carbocycles. The SMILES string of the molecule is Nc1ccc(F)cc1.O=S([O-])CCl. The Morgan fingerprint density at radius 1 is 1.46 bits per heavy atom. The zero-order valence-corrected chi connectivity index (χ0v) is 8.15. The number of hydrogen-bond acceptors (Lipinski definition) is 3. The summed E-state index contributed by atoms with van der Waals surface area (Å²) in [5, 5.41) is -0.306. The summed E-state index contributed by atoms with van der Waals surface area (Å²) in [6.45, 7) is 0. The zero-order valence-electron chi connectivity index (χ0n) is 6.57. The molecule has 0 radical (unpaired) electrons. The highest BCUT2D eigenvalue weighted by molar-refractivity contribution is 7.80. The van der Waals surface area contributed by atoms with Gasteiger partial charge in [-0.3, -0.25) is 4.21 Å². The van der Waals surface area contributed by atoms with Crippen molar-refractivity contribution in [3.05, 3.63) is 30.1 Å². The van der Waals surface area contributed by atoms with Gasteiger partial charge in [0.1, 0.15) is 5.82 Å². The average molecular weight is 225 g/mol. The van der Waals surface area contributed by atoms with Crippen LogP contribution in [0, 0.1) is 5.82 Å². The van der Waals surface area contributed by atoms with Crippen molar-refractivity contribution in [3.63, 3.8) is 0 Å². The number of nitrogens with two attached hydrogens (primary N) is 1. The largest absolute Gasteiger partial charge is 0.771 e. The van der Waals surface area contributed by atoms with E-state index in [1.54, 1.807) is 0 Å². The molecule has 1 aromatic rings. The van der Waals surface area contributed by atoms with Crippen molar-refractivity contribution in [2.45, 2.75) is 0 Å². The second-order valence-corrected chi connectivity index (χ2v) is 3.44. The van der Waals surface area contributed by atoms with Crippen LogP contribution >= 0.6 is 11.6 Å². The summed E-state index contributed by atoms with van der Waals surface area (Å²) in [6, 6.07) is 5.70. The van der Waals surface area contributed by atoms with Crippen LogP contribution in [0.4, 0.5) is 10.1 Å². The molecule has 0 aliphatic heterocycles. The molecule has 1 aromatic carbocycles. The monoisotopic (exact) mass is 224 g/mol. The molecule has 0 heterocycles. The van der Waals surface area contributed by atoms with E-state index < -0.39 is 11.1 Å². The number of anilines is 1. The molecule has 3 nitrogen and oxygen atoms in total. The van der Waals surface area contributed by atoms with Gasteiger partial charge in [0.2, 0.25) is 0 Å². The highest BCUT2D eigenvalue weighted by Gasteiger charge is 1.83. The fourth-order valence-corrected chi connectivity index (χ4v) is 0.463. The number of hydrogen-bond donors (Lipinski definition) is 1. The summed E-state index contributed by atoms with van der Waals surface area (Å²) in [5.74, 6) is -0.251. The minimum absolute atomic E-state index is 0.251. The van der Waals surface area contributed by atoms with Crippen LogP contribution in [0.5, 0.6) is 0 Å². The minimum Gasteiger partial charge on any atom is -0.771 e. The summed E-state index contributed by atoms with van der Waals surface area (Å²) in [5.41, 5.74) is 5.85. The predicted octanol–water partition coefficient (Wildman–Crippen LogP) is 1.47. The lowest BCUT2D eigenvalue weighted by molar-refractivity contribution is 0.542. The molecule has 0 bridgehead atoms. The van der Waals surface area contributed by atoms with Gasteiger partial charge in [0.25, 0.3) is 0 Å². The standard InChI is InChI=1S/C6H6FN.CH3ClO2S/c7-5-1-3-6(8)4-2-5;2-1-5(3)4/h1-4H,8H2;1H2,(H,3,4)/p-1. The molecular weight excluding hydrogens is 217 g/mol. The number of nitrogen functional groups attached to an aromatic ring is 1. The van der Waals surface area contributed by atoms with Gasteiger partial charge in [-0.25, -0.2) is 4.39 Å². The Morgan fingerprint density at radius 3 is 2.08 bits per heavy atom. The van der Waals surface area contributed by atoms with Crippen LogP contribution in [0.25, 0.3) is 0 Å². The van der Waals surface area contributed by atoms with E-state index in [9.17, 15) is 13.2 Å². The first-order valence-corrected chi connectivity index (χ1v) is 4.97. The molecule has 1 unspecified atom stereocenters. The summed E-state index contributed by atoms with van der Waals surface area (Å²) >= 11 is 2.67. The third kappa shape index (κ3) is 7.70. The Hall–Kier alpha value is -0.650. The maximum absolute atomic E-state index is 12.0. The fraction of sp³-hybridized carbons (Fsp3) is 0.143. The number of rotatable bonds is 1. The zero-order chi connectivity index (χ0) is 10.3. The van der Waals surface area contributed by atoms with Crippen LogP contribution in [0.3, 0.4) is 0 Å². The first kappa shape index (κ1) is 12.3. The van der Waals surface area contributed by atoms with Gasteiger partial charge < -0.3 is 10.3 Å². The smallest absolute Gasteiger partial charge is 0.123 e. The van der Waals surface area contributed by atoms with Crippen LogP contribution in [0.15, 0.2) is 24.3 Å². The maximum atomic E-state index is 12.0. The van der Waals surface area contributed by atoms with Crippen molar-refractivity contribution in [2.75, 3.05) is 10.9 Å². The lowest BCUT2D eigenvalue weighted by atomic mass is 10.3. The van der Waals surface area contributed by atoms with Crippen molar-refractivity contribution in [2.24, 2.45) is 0 Å². The molecule has 0 spiro atoms. The molecule has 0 fully saturated rings. The summed E-state index contributed by atoms with van der Waals surface area (Å²) in [6.07, 6.45) is 0. The number of halogens is 2. The second-order valence-electron chi connectivity index (χ2n) is 1.96. The van der Waals surface area contributed by atoms with Gasteiger partial charge in [0.05, 0.1) is 5.21 Å². The first-order chi connectivity index (χ1) is 6.06. The van der Waals surface area contributed by atoms with Gasteiger partial charge in [0, 0.05) is 5.69 Å². The fourth-order valence-electron chi connectivity index (χ4n) is 0.463. The third-order valence-corrected chi connectivity index (χ3v) is 1.67. The molecule has 0 aromatic heterocycles. The summed E-state index contributed by atoms with van der Waals surface area (Å²) in [7, 11) is 0. The summed E-state index contributed by atoms with van der Waals surface area (Å²) in [4.78, 5) is 0. The van der Waals surface area contributed by atoms with Gasteiger partial charge in [0.15, 0.2) is 0 Å². The Morgan fingerprint density at radius 2 is 1.85 bits per heavy atom. The minimum atomic E-state index is -2.06. The van der Waals surface area contributed by atoms with E-state index in [2.05, 4.69) is 0 Å². The molecule has 0 aliphatic carbocycles. The molecule has 74 valence electrons. The Bertz CT molecular complexity index is 247. The first-order valence-electron chi connectivity index (χ1n) is 3.19. The predicted molar refractivity (Wildman–Crippen MR) is 50.5 cm³/mol. The molecule has 0 saturated heterocycles. The quantitative estimate of drug-likeness (QED) is 0.446.